The van der Waals surface area contributed by atoms with Crippen LogP contribution in [0.5, 0.6) is 5.88 Å². The van der Waals surface area contributed by atoms with Gasteiger partial charge < -0.3 is 15.2 Å². The van der Waals surface area contributed by atoms with Gasteiger partial charge in [0.05, 0.1) is 18.4 Å². The predicted octanol–water partition coefficient (Wildman–Crippen LogP) is 1.69. The van der Waals surface area contributed by atoms with Crippen molar-refractivity contribution in [3.63, 3.8) is 0 Å². The number of hydrogen-bond donors (Lipinski definition) is 1. The monoisotopic (exact) mass is 239 g/mol. The lowest BCUT2D eigenvalue weighted by Gasteiger charge is -2.24. The highest BCUT2D eigenvalue weighted by molar-refractivity contribution is 5.16. The molecule has 0 aromatic carbocycles. The van der Waals surface area contributed by atoms with Gasteiger partial charge in [0.2, 0.25) is 5.88 Å². The number of methoxy groups -OCH3 is 2. The molecule has 5 heteroatoms. The Bertz CT molecular complexity index is 355. The molecule has 96 valence electrons. The average molecular weight is 239 g/mol. The van der Waals surface area contributed by atoms with E-state index < -0.39 is 0 Å². The largest absolute Gasteiger partial charge is 0.481 e. The highest BCUT2D eigenvalue weighted by atomic mass is 16.5. The molecular formula is C12H21N3O2. The standard InChI is InChI=1S/C12H21N3O2/c1-12(2,17-4)6-5-9(13)10-7-11(16-3)15-8-14-10/h7-9H,5-6,13H2,1-4H3. The van der Waals surface area contributed by atoms with Crippen molar-refractivity contribution < 1.29 is 9.47 Å². The van der Waals surface area contributed by atoms with Crippen LogP contribution in [0.3, 0.4) is 0 Å². The fourth-order valence-corrected chi connectivity index (χ4v) is 1.42. The predicted molar refractivity (Wildman–Crippen MR) is 65.8 cm³/mol. The van der Waals surface area contributed by atoms with Crippen LogP contribution in [0.4, 0.5) is 0 Å². The maximum atomic E-state index is 6.08. The van der Waals surface area contributed by atoms with Crippen LogP contribution in [0.2, 0.25) is 0 Å². The van der Waals surface area contributed by atoms with Crippen LogP contribution in [0.15, 0.2) is 12.4 Å². The first-order valence-corrected chi connectivity index (χ1v) is 5.65. The van der Waals surface area contributed by atoms with E-state index in [1.165, 1.54) is 6.33 Å². The zero-order chi connectivity index (χ0) is 12.9. The molecule has 0 radical (unpaired) electrons. The van der Waals surface area contributed by atoms with Gasteiger partial charge in [0, 0.05) is 19.2 Å². The number of aromatic nitrogens is 2. The van der Waals surface area contributed by atoms with Crippen molar-refractivity contribution in [2.24, 2.45) is 5.73 Å². The summed E-state index contributed by atoms with van der Waals surface area (Å²) in [5.41, 5.74) is 6.72. The molecule has 5 nitrogen and oxygen atoms in total. The summed E-state index contributed by atoms with van der Waals surface area (Å²) in [5, 5.41) is 0. The van der Waals surface area contributed by atoms with Gasteiger partial charge in [0.15, 0.2) is 0 Å². The number of nitrogens with zero attached hydrogens (tertiary/aromatic N) is 2. The van der Waals surface area contributed by atoms with E-state index in [1.54, 1.807) is 20.3 Å². The molecule has 1 aromatic heterocycles. The number of hydrogen-bond acceptors (Lipinski definition) is 5. The normalized spacial score (nSPS) is 13.5. The summed E-state index contributed by atoms with van der Waals surface area (Å²) in [6, 6.07) is 1.64. The smallest absolute Gasteiger partial charge is 0.216 e. The Morgan fingerprint density at radius 2 is 2.06 bits per heavy atom. The van der Waals surface area contributed by atoms with E-state index in [4.69, 9.17) is 15.2 Å². The molecule has 1 unspecified atom stereocenters. The molecule has 0 spiro atoms. The SMILES string of the molecule is COc1cc(C(N)CCC(C)(C)OC)ncn1. The van der Waals surface area contributed by atoms with Crippen LogP contribution in [-0.2, 0) is 4.74 Å². The van der Waals surface area contributed by atoms with Gasteiger partial charge in [-0.2, -0.15) is 0 Å². The zero-order valence-electron chi connectivity index (χ0n) is 10.9. The second-order valence-corrected chi connectivity index (χ2v) is 4.59. The molecular weight excluding hydrogens is 218 g/mol. The lowest BCUT2D eigenvalue weighted by atomic mass is 9.98. The molecule has 17 heavy (non-hydrogen) atoms. The second kappa shape index (κ2) is 5.93. The van der Waals surface area contributed by atoms with E-state index in [2.05, 4.69) is 9.97 Å². The van der Waals surface area contributed by atoms with Gasteiger partial charge in [0.25, 0.3) is 0 Å². The van der Waals surface area contributed by atoms with Crippen LogP contribution in [0.25, 0.3) is 0 Å². The van der Waals surface area contributed by atoms with E-state index in [1.807, 2.05) is 13.8 Å². The van der Waals surface area contributed by atoms with E-state index in [-0.39, 0.29) is 11.6 Å². The third-order valence-corrected chi connectivity index (χ3v) is 2.86. The van der Waals surface area contributed by atoms with Crippen molar-refractivity contribution in [2.45, 2.75) is 38.3 Å². The summed E-state index contributed by atoms with van der Waals surface area (Å²) in [5.74, 6) is 0.538. The molecule has 1 aromatic rings. The maximum Gasteiger partial charge on any atom is 0.216 e. The fraction of sp³-hybridized carbons (Fsp3) is 0.667. The molecule has 0 bridgehead atoms. The van der Waals surface area contributed by atoms with Crippen LogP contribution in [0, 0.1) is 0 Å². The van der Waals surface area contributed by atoms with Crippen LogP contribution in [-0.4, -0.2) is 29.8 Å². The third kappa shape index (κ3) is 4.28. The molecule has 1 heterocycles. The summed E-state index contributed by atoms with van der Waals surface area (Å²) in [6.07, 6.45) is 3.15. The van der Waals surface area contributed by atoms with Crippen molar-refractivity contribution in [3.8, 4) is 5.88 Å². The lowest BCUT2D eigenvalue weighted by molar-refractivity contribution is 0.0124. The van der Waals surface area contributed by atoms with E-state index >= 15 is 0 Å². The second-order valence-electron chi connectivity index (χ2n) is 4.59. The maximum absolute atomic E-state index is 6.08. The van der Waals surface area contributed by atoms with Gasteiger partial charge >= 0.3 is 0 Å². The minimum atomic E-state index is -0.158. The van der Waals surface area contributed by atoms with Crippen LogP contribution in [0.1, 0.15) is 38.4 Å². The average Bonchev–Trinajstić information content (AvgIpc) is 2.36. The molecule has 0 saturated carbocycles. The minimum Gasteiger partial charge on any atom is -0.481 e. The van der Waals surface area contributed by atoms with Crippen molar-refractivity contribution in [2.75, 3.05) is 14.2 Å². The Morgan fingerprint density at radius 1 is 1.35 bits per heavy atom. The van der Waals surface area contributed by atoms with Gasteiger partial charge in [0.1, 0.15) is 6.33 Å². The molecule has 0 aliphatic carbocycles. The molecule has 0 aliphatic heterocycles. The van der Waals surface area contributed by atoms with E-state index in [0.29, 0.717) is 5.88 Å². The molecule has 0 aliphatic rings. The van der Waals surface area contributed by atoms with E-state index in [9.17, 15) is 0 Å². The lowest BCUT2D eigenvalue weighted by Crippen LogP contribution is -2.25. The highest BCUT2D eigenvalue weighted by Crippen LogP contribution is 2.22. The number of rotatable bonds is 6. The van der Waals surface area contributed by atoms with Gasteiger partial charge in [-0.15, -0.1) is 0 Å². The number of nitrogens with two attached hydrogens (primary N) is 1. The van der Waals surface area contributed by atoms with Crippen LogP contribution >= 0.6 is 0 Å². The molecule has 0 fully saturated rings. The quantitative estimate of drug-likeness (QED) is 0.818. The Labute approximate surface area is 102 Å². The van der Waals surface area contributed by atoms with E-state index in [0.717, 1.165) is 18.5 Å². The fourth-order valence-electron chi connectivity index (χ4n) is 1.42. The van der Waals surface area contributed by atoms with Gasteiger partial charge in [-0.1, -0.05) is 0 Å². The summed E-state index contributed by atoms with van der Waals surface area (Å²) in [4.78, 5) is 8.11. The van der Waals surface area contributed by atoms with Gasteiger partial charge in [-0.3, -0.25) is 0 Å². The highest BCUT2D eigenvalue weighted by Gasteiger charge is 2.19. The van der Waals surface area contributed by atoms with Crippen molar-refractivity contribution in [1.82, 2.24) is 9.97 Å². The molecule has 1 atom stereocenters. The zero-order valence-corrected chi connectivity index (χ0v) is 10.9. The Morgan fingerprint density at radius 3 is 2.65 bits per heavy atom. The van der Waals surface area contributed by atoms with Crippen molar-refractivity contribution in [3.05, 3.63) is 18.1 Å². The first kappa shape index (κ1) is 13.9. The molecule has 2 N–H and O–H groups in total. The number of ether oxygens (including phenoxy) is 2. The third-order valence-electron chi connectivity index (χ3n) is 2.86. The molecule has 1 rings (SSSR count). The minimum absolute atomic E-state index is 0.124. The van der Waals surface area contributed by atoms with Crippen molar-refractivity contribution >= 4 is 0 Å². The van der Waals surface area contributed by atoms with Crippen molar-refractivity contribution in [1.29, 1.82) is 0 Å². The Kier molecular flexibility index (Phi) is 4.84. The van der Waals surface area contributed by atoms with Crippen LogP contribution < -0.4 is 10.5 Å². The van der Waals surface area contributed by atoms with Gasteiger partial charge in [-0.05, 0) is 26.7 Å². The Hall–Kier alpha value is -1.20. The first-order chi connectivity index (χ1) is 7.98. The topological polar surface area (TPSA) is 70.3 Å². The van der Waals surface area contributed by atoms with Gasteiger partial charge in [-0.25, -0.2) is 9.97 Å². The molecule has 0 amide bonds. The summed E-state index contributed by atoms with van der Waals surface area (Å²) in [6.45, 7) is 4.08. The Balaban J connectivity index is 2.60. The first-order valence-electron chi connectivity index (χ1n) is 5.65. The summed E-state index contributed by atoms with van der Waals surface area (Å²) < 4.78 is 10.4. The summed E-state index contributed by atoms with van der Waals surface area (Å²) >= 11 is 0. The summed E-state index contributed by atoms with van der Waals surface area (Å²) in [7, 11) is 3.28. The molecule has 0 saturated heterocycles.